The van der Waals surface area contributed by atoms with Gasteiger partial charge in [0.2, 0.25) is 19.2 Å². The largest absolute Gasteiger partial charge is 0.384 e. The Labute approximate surface area is 212 Å². The Kier molecular flexibility index (Phi) is 8.52. The summed E-state index contributed by atoms with van der Waals surface area (Å²) in [6, 6.07) is 25.1. The second-order valence-corrected chi connectivity index (χ2v) is 9.08. The molecule has 0 aliphatic heterocycles. The van der Waals surface area contributed by atoms with Crippen LogP contribution in [0.2, 0.25) is 0 Å². The average Bonchev–Trinajstić information content (AvgIpc) is 3.33. The molecule has 0 heterocycles. The molecule has 2 amide bonds. The molecular formula is C28H31BN5O2. The predicted molar refractivity (Wildman–Crippen MR) is 142 cm³/mol. The van der Waals surface area contributed by atoms with Gasteiger partial charge in [-0.15, -0.1) is 0 Å². The minimum absolute atomic E-state index is 0.00262. The van der Waals surface area contributed by atoms with Crippen LogP contribution in [0.15, 0.2) is 78.9 Å². The number of amides is 2. The van der Waals surface area contributed by atoms with Crippen LogP contribution in [0.1, 0.15) is 27.8 Å². The number of fused-ring (bicyclic) bond motifs is 1. The van der Waals surface area contributed by atoms with Crippen LogP contribution in [0, 0.1) is 11.3 Å². The van der Waals surface area contributed by atoms with E-state index >= 15 is 0 Å². The van der Waals surface area contributed by atoms with Gasteiger partial charge >= 0.3 is 0 Å². The first-order valence-corrected chi connectivity index (χ1v) is 12.2. The lowest BCUT2D eigenvalue weighted by Gasteiger charge is -2.24. The van der Waals surface area contributed by atoms with Crippen LogP contribution in [-0.4, -0.2) is 37.7 Å². The summed E-state index contributed by atoms with van der Waals surface area (Å²) < 4.78 is 0. The molecule has 0 unspecified atom stereocenters. The molecule has 0 fully saturated rings. The van der Waals surface area contributed by atoms with Crippen molar-refractivity contribution in [2.45, 2.75) is 31.7 Å². The van der Waals surface area contributed by atoms with E-state index in [-0.39, 0.29) is 30.1 Å². The van der Waals surface area contributed by atoms with Gasteiger partial charge in [-0.05, 0) is 41.8 Å². The molecule has 0 saturated carbocycles. The SMILES string of the molecule is N=C(N)c1ccc(CNC(=O)CNC(=O)[C@H](N[B]Cc2ccccc2)C2Cc3ccccc3C2)cc1. The molecule has 36 heavy (non-hydrogen) atoms. The zero-order chi connectivity index (χ0) is 25.3. The highest BCUT2D eigenvalue weighted by molar-refractivity contribution is 6.32. The number of hydrogen-bond donors (Lipinski definition) is 5. The number of carbonyl (C=O) groups excluding carboxylic acids is 2. The minimum atomic E-state index is -0.437. The Balaban J connectivity index is 1.31. The highest BCUT2D eigenvalue weighted by Gasteiger charge is 2.32. The van der Waals surface area contributed by atoms with E-state index in [9.17, 15) is 9.59 Å². The summed E-state index contributed by atoms with van der Waals surface area (Å²) >= 11 is 0. The first kappa shape index (κ1) is 25.2. The van der Waals surface area contributed by atoms with Crippen LogP contribution in [0.4, 0.5) is 0 Å². The fourth-order valence-electron chi connectivity index (χ4n) is 4.51. The lowest BCUT2D eigenvalue weighted by Crippen LogP contribution is -2.52. The van der Waals surface area contributed by atoms with Crippen LogP contribution in [0.25, 0.3) is 0 Å². The van der Waals surface area contributed by atoms with Crippen LogP contribution in [0.5, 0.6) is 0 Å². The predicted octanol–water partition coefficient (Wildman–Crippen LogP) is 1.90. The number of hydrogen-bond acceptors (Lipinski definition) is 4. The fourth-order valence-corrected chi connectivity index (χ4v) is 4.51. The molecule has 0 saturated heterocycles. The first-order chi connectivity index (χ1) is 17.5. The van der Waals surface area contributed by atoms with Gasteiger partial charge in [-0.25, -0.2) is 0 Å². The third-order valence-corrected chi connectivity index (χ3v) is 6.49. The van der Waals surface area contributed by atoms with Gasteiger partial charge in [-0.1, -0.05) is 84.4 Å². The molecule has 1 aliphatic rings. The maximum atomic E-state index is 13.2. The third kappa shape index (κ3) is 6.83. The molecule has 1 aliphatic carbocycles. The van der Waals surface area contributed by atoms with Crippen molar-refractivity contribution in [1.29, 1.82) is 5.41 Å². The van der Waals surface area contributed by atoms with Gasteiger partial charge in [0, 0.05) is 12.1 Å². The minimum Gasteiger partial charge on any atom is -0.384 e. The summed E-state index contributed by atoms with van der Waals surface area (Å²) in [4.78, 5) is 25.6. The van der Waals surface area contributed by atoms with Gasteiger partial charge < -0.3 is 21.6 Å². The molecule has 8 heteroatoms. The highest BCUT2D eigenvalue weighted by atomic mass is 16.2. The zero-order valence-electron chi connectivity index (χ0n) is 20.2. The summed E-state index contributed by atoms with van der Waals surface area (Å²) in [5.74, 6) is -0.334. The Bertz CT molecular complexity index is 1180. The fraction of sp³-hybridized carbons (Fsp3) is 0.250. The van der Waals surface area contributed by atoms with Gasteiger partial charge in [0.1, 0.15) is 5.84 Å². The summed E-state index contributed by atoms with van der Waals surface area (Å²) in [6.45, 7) is 0.234. The number of rotatable bonds is 11. The van der Waals surface area contributed by atoms with Crippen molar-refractivity contribution in [3.05, 3.63) is 107 Å². The Morgan fingerprint density at radius 3 is 2.17 bits per heavy atom. The van der Waals surface area contributed by atoms with Gasteiger partial charge in [-0.2, -0.15) is 0 Å². The highest BCUT2D eigenvalue weighted by Crippen LogP contribution is 2.28. The van der Waals surface area contributed by atoms with Crippen molar-refractivity contribution >= 4 is 25.1 Å². The molecule has 7 nitrogen and oxygen atoms in total. The van der Waals surface area contributed by atoms with Crippen molar-refractivity contribution < 1.29 is 9.59 Å². The smallest absolute Gasteiger partial charge is 0.239 e. The van der Waals surface area contributed by atoms with Crippen molar-refractivity contribution in [2.24, 2.45) is 11.7 Å². The van der Waals surface area contributed by atoms with E-state index < -0.39 is 6.04 Å². The van der Waals surface area contributed by atoms with Crippen molar-refractivity contribution in [2.75, 3.05) is 6.54 Å². The average molecular weight is 480 g/mol. The van der Waals surface area contributed by atoms with Crippen LogP contribution in [-0.2, 0) is 35.3 Å². The van der Waals surface area contributed by atoms with E-state index in [0.29, 0.717) is 18.4 Å². The number of benzene rings is 3. The van der Waals surface area contributed by atoms with Gasteiger partial charge in [0.15, 0.2) is 0 Å². The summed E-state index contributed by atoms with van der Waals surface area (Å²) in [5, 5.41) is 16.4. The molecule has 0 bridgehead atoms. The molecule has 3 aromatic carbocycles. The zero-order valence-corrected chi connectivity index (χ0v) is 20.2. The summed E-state index contributed by atoms with van der Waals surface area (Å²) in [5.41, 5.74) is 10.7. The van der Waals surface area contributed by atoms with Gasteiger partial charge in [-0.3, -0.25) is 15.0 Å². The van der Waals surface area contributed by atoms with E-state index in [1.807, 2.05) is 49.9 Å². The van der Waals surface area contributed by atoms with Gasteiger partial charge in [0.05, 0.1) is 12.6 Å². The molecule has 0 spiro atoms. The Hall–Kier alpha value is -3.91. The Morgan fingerprint density at radius 1 is 0.889 bits per heavy atom. The van der Waals surface area contributed by atoms with E-state index in [1.165, 1.54) is 11.1 Å². The van der Waals surface area contributed by atoms with Crippen LogP contribution < -0.4 is 21.6 Å². The van der Waals surface area contributed by atoms with E-state index in [4.69, 9.17) is 11.1 Å². The first-order valence-electron chi connectivity index (χ1n) is 12.2. The van der Waals surface area contributed by atoms with Crippen molar-refractivity contribution in [1.82, 2.24) is 15.9 Å². The number of nitrogens with one attached hydrogen (secondary N) is 4. The molecule has 3 aromatic rings. The quantitative estimate of drug-likeness (QED) is 0.164. The van der Waals surface area contributed by atoms with Crippen molar-refractivity contribution in [3.8, 4) is 0 Å². The third-order valence-electron chi connectivity index (χ3n) is 6.49. The van der Waals surface area contributed by atoms with E-state index in [2.05, 4.69) is 40.1 Å². The second kappa shape index (κ2) is 12.2. The second-order valence-electron chi connectivity index (χ2n) is 9.08. The Morgan fingerprint density at radius 2 is 1.53 bits per heavy atom. The molecular weight excluding hydrogens is 449 g/mol. The van der Waals surface area contributed by atoms with Crippen LogP contribution >= 0.6 is 0 Å². The number of nitrogens with two attached hydrogens (primary N) is 1. The monoisotopic (exact) mass is 480 g/mol. The standard InChI is InChI=1S/C28H31BN5O2/c30-27(31)21-12-10-20(11-13-21)17-32-25(35)18-33-28(36)26(34-29-16-19-6-2-1-3-7-19)24-14-22-8-4-5-9-23(22)15-24/h1-13,24,26,34H,14-18H2,(H3,30,31)(H,32,35)(H,33,36)/t26-/m1/s1. The van der Waals surface area contributed by atoms with Crippen molar-refractivity contribution in [3.63, 3.8) is 0 Å². The number of amidine groups is 1. The molecule has 183 valence electrons. The topological polar surface area (TPSA) is 120 Å². The molecule has 4 rings (SSSR count). The molecule has 0 aromatic heterocycles. The number of nitrogen functional groups attached to an aromatic ring is 1. The van der Waals surface area contributed by atoms with E-state index in [1.54, 1.807) is 12.1 Å². The lowest BCUT2D eigenvalue weighted by molar-refractivity contribution is -0.127. The molecule has 1 radical (unpaired) electrons. The van der Waals surface area contributed by atoms with E-state index in [0.717, 1.165) is 24.0 Å². The summed E-state index contributed by atoms with van der Waals surface area (Å²) in [6.07, 6.45) is 2.35. The molecule has 1 atom stereocenters. The maximum absolute atomic E-state index is 13.2. The lowest BCUT2D eigenvalue weighted by atomic mass is 9.81. The normalized spacial score (nSPS) is 13.4. The van der Waals surface area contributed by atoms with Gasteiger partial charge in [0.25, 0.3) is 0 Å². The molecule has 6 N–H and O–H groups in total. The maximum Gasteiger partial charge on any atom is 0.239 e. The van der Waals surface area contributed by atoms with Crippen LogP contribution in [0.3, 0.4) is 0 Å². The summed E-state index contributed by atoms with van der Waals surface area (Å²) in [7, 11) is 1.94. The number of carbonyl (C=O) groups is 2.